The van der Waals surface area contributed by atoms with Crippen molar-refractivity contribution in [3.63, 3.8) is 0 Å². The van der Waals surface area contributed by atoms with Crippen molar-refractivity contribution in [2.24, 2.45) is 10.7 Å². The average Bonchev–Trinajstić information content (AvgIpc) is 2.35. The maximum absolute atomic E-state index is 5.40. The van der Waals surface area contributed by atoms with Gasteiger partial charge in [0.1, 0.15) is 0 Å². The van der Waals surface area contributed by atoms with Gasteiger partial charge >= 0.3 is 0 Å². The second-order valence-electron chi connectivity index (χ2n) is 4.54. The van der Waals surface area contributed by atoms with Crippen molar-refractivity contribution in [1.82, 2.24) is 4.84 Å². The first-order valence-electron chi connectivity index (χ1n) is 6.97. The first kappa shape index (κ1) is 16.6. The Balaban J connectivity index is 3.04. The van der Waals surface area contributed by atoms with E-state index in [1.807, 2.05) is 0 Å². The number of unbranched alkanes of at least 4 members (excludes halogenated alkanes) is 9. The Morgan fingerprint density at radius 2 is 1.41 bits per heavy atom. The van der Waals surface area contributed by atoms with Gasteiger partial charge in [0.2, 0.25) is 5.96 Å². The molecule has 0 unspecified atom stereocenters. The first-order chi connectivity index (χ1) is 8.31. The number of halogens is 1. The third-order valence-electron chi connectivity index (χ3n) is 2.89. The molecule has 0 aromatic heterocycles. The molecule has 0 aromatic carbocycles. The molecule has 17 heavy (non-hydrogen) atoms. The summed E-state index contributed by atoms with van der Waals surface area (Å²) in [5.74, 6) is 0.322. The fourth-order valence-electron chi connectivity index (χ4n) is 1.83. The van der Waals surface area contributed by atoms with Crippen molar-refractivity contribution in [2.45, 2.75) is 71.1 Å². The number of guanidine groups is 1. The zero-order valence-electron chi connectivity index (χ0n) is 11.2. The van der Waals surface area contributed by atoms with Gasteiger partial charge in [0.25, 0.3) is 0 Å². The highest BCUT2D eigenvalue weighted by Gasteiger charge is 1.92. The molecular weight excluding hydrogens is 234 g/mol. The van der Waals surface area contributed by atoms with Crippen LogP contribution in [0, 0.1) is 0 Å². The second-order valence-corrected chi connectivity index (χ2v) is 4.73. The van der Waals surface area contributed by atoms with E-state index in [-0.39, 0.29) is 0 Å². The maximum atomic E-state index is 5.40. The Morgan fingerprint density at radius 3 is 1.88 bits per heavy atom. The minimum absolute atomic E-state index is 0.322. The standard InChI is InChI=1S/C13H28ClN3/c1-2-3-4-5-6-7-8-9-10-11-12-16-13(15)17-14/h2-12H2,1H3,(H3,15,16,17). The number of aliphatic imine (C=N–C) groups is 1. The number of nitrogens with two attached hydrogens (primary N) is 1. The lowest BCUT2D eigenvalue weighted by Crippen LogP contribution is -2.23. The molecule has 0 aliphatic carbocycles. The SMILES string of the molecule is CCCCCCCCCCCCN=C(N)NCl. The Hall–Kier alpha value is -0.440. The Morgan fingerprint density at radius 1 is 0.941 bits per heavy atom. The van der Waals surface area contributed by atoms with Crippen molar-refractivity contribution in [2.75, 3.05) is 6.54 Å². The lowest BCUT2D eigenvalue weighted by Gasteiger charge is -2.01. The molecule has 0 rings (SSSR count). The van der Waals surface area contributed by atoms with Crippen LogP contribution in [0.15, 0.2) is 4.99 Å². The van der Waals surface area contributed by atoms with Crippen molar-refractivity contribution in [3.8, 4) is 0 Å². The topological polar surface area (TPSA) is 50.4 Å². The van der Waals surface area contributed by atoms with Gasteiger partial charge in [-0.25, -0.2) is 0 Å². The van der Waals surface area contributed by atoms with E-state index in [9.17, 15) is 0 Å². The highest BCUT2D eigenvalue weighted by molar-refractivity contribution is 6.21. The molecule has 3 N–H and O–H groups in total. The molecule has 0 saturated heterocycles. The van der Waals surface area contributed by atoms with Gasteiger partial charge in [0.05, 0.1) is 0 Å². The van der Waals surface area contributed by atoms with Crippen LogP contribution in [0.3, 0.4) is 0 Å². The highest BCUT2D eigenvalue weighted by atomic mass is 35.5. The van der Waals surface area contributed by atoms with Gasteiger partial charge in [-0.2, -0.15) is 0 Å². The lowest BCUT2D eigenvalue weighted by molar-refractivity contribution is 0.558. The van der Waals surface area contributed by atoms with Crippen molar-refractivity contribution in [3.05, 3.63) is 0 Å². The third-order valence-corrected chi connectivity index (χ3v) is 3.08. The minimum atomic E-state index is 0.322. The summed E-state index contributed by atoms with van der Waals surface area (Å²) >= 11 is 5.28. The number of nitrogens with zero attached hydrogens (tertiary/aromatic N) is 1. The summed E-state index contributed by atoms with van der Waals surface area (Å²) < 4.78 is 0. The predicted octanol–water partition coefficient (Wildman–Crippen LogP) is 3.97. The fraction of sp³-hybridized carbons (Fsp3) is 0.923. The molecule has 102 valence electrons. The molecule has 0 saturated carbocycles. The number of nitrogens with one attached hydrogen (secondary N) is 1. The van der Waals surface area contributed by atoms with Gasteiger partial charge in [0, 0.05) is 18.3 Å². The molecular formula is C13H28ClN3. The Bertz CT molecular complexity index is 184. The van der Waals surface area contributed by atoms with Gasteiger partial charge in [-0.1, -0.05) is 64.7 Å². The van der Waals surface area contributed by atoms with E-state index in [0.717, 1.165) is 13.0 Å². The zero-order valence-corrected chi connectivity index (χ0v) is 11.9. The molecule has 0 aliphatic heterocycles. The second kappa shape index (κ2) is 13.6. The van der Waals surface area contributed by atoms with Crippen LogP contribution in [0.1, 0.15) is 71.1 Å². The normalized spacial score (nSPS) is 11.8. The number of hydrogen-bond acceptors (Lipinski definition) is 1. The van der Waals surface area contributed by atoms with E-state index in [0.29, 0.717) is 5.96 Å². The van der Waals surface area contributed by atoms with E-state index in [1.165, 1.54) is 57.8 Å². The summed E-state index contributed by atoms with van der Waals surface area (Å²) in [7, 11) is 0. The summed E-state index contributed by atoms with van der Waals surface area (Å²) in [4.78, 5) is 6.36. The highest BCUT2D eigenvalue weighted by Crippen LogP contribution is 2.10. The summed E-state index contributed by atoms with van der Waals surface area (Å²) in [6, 6.07) is 0. The molecule has 4 heteroatoms. The molecule has 3 nitrogen and oxygen atoms in total. The van der Waals surface area contributed by atoms with E-state index >= 15 is 0 Å². The Labute approximate surface area is 111 Å². The molecule has 0 atom stereocenters. The van der Waals surface area contributed by atoms with Crippen LogP contribution < -0.4 is 10.6 Å². The lowest BCUT2D eigenvalue weighted by atomic mass is 10.1. The maximum Gasteiger partial charge on any atom is 0.203 e. The van der Waals surface area contributed by atoms with Crippen LogP contribution in [-0.2, 0) is 0 Å². The molecule has 0 spiro atoms. The van der Waals surface area contributed by atoms with Crippen LogP contribution >= 0.6 is 11.8 Å². The van der Waals surface area contributed by atoms with Gasteiger partial charge in [0.15, 0.2) is 0 Å². The first-order valence-corrected chi connectivity index (χ1v) is 7.35. The predicted molar refractivity (Wildman–Crippen MR) is 77.3 cm³/mol. The largest absolute Gasteiger partial charge is 0.369 e. The smallest absolute Gasteiger partial charge is 0.203 e. The van der Waals surface area contributed by atoms with E-state index in [2.05, 4.69) is 16.8 Å². The number of rotatable bonds is 11. The molecule has 0 bridgehead atoms. The molecule has 0 amide bonds. The fourth-order valence-corrected chi connectivity index (χ4v) is 1.89. The van der Waals surface area contributed by atoms with Crippen LogP contribution in [0.2, 0.25) is 0 Å². The molecule has 0 radical (unpaired) electrons. The third kappa shape index (κ3) is 13.5. The quantitative estimate of drug-likeness (QED) is 0.256. The summed E-state index contributed by atoms with van der Waals surface area (Å²) in [6.07, 6.45) is 13.4. The molecule has 0 aliphatic rings. The van der Waals surface area contributed by atoms with Gasteiger partial charge in [-0.15, -0.1) is 0 Å². The summed E-state index contributed by atoms with van der Waals surface area (Å²) in [6.45, 7) is 3.04. The summed E-state index contributed by atoms with van der Waals surface area (Å²) in [5, 5.41) is 0. The van der Waals surface area contributed by atoms with E-state index < -0.39 is 0 Å². The van der Waals surface area contributed by atoms with E-state index in [1.54, 1.807) is 0 Å². The van der Waals surface area contributed by atoms with Crippen LogP contribution in [0.25, 0.3) is 0 Å². The average molecular weight is 262 g/mol. The minimum Gasteiger partial charge on any atom is -0.369 e. The molecule has 0 heterocycles. The zero-order chi connectivity index (χ0) is 12.8. The van der Waals surface area contributed by atoms with Gasteiger partial charge in [-0.3, -0.25) is 9.83 Å². The van der Waals surface area contributed by atoms with Gasteiger partial charge in [-0.05, 0) is 6.42 Å². The van der Waals surface area contributed by atoms with Crippen molar-refractivity contribution < 1.29 is 0 Å². The van der Waals surface area contributed by atoms with E-state index in [4.69, 9.17) is 17.5 Å². The molecule has 0 fully saturated rings. The monoisotopic (exact) mass is 261 g/mol. The number of hydrogen-bond donors (Lipinski definition) is 2. The molecule has 0 aromatic rings. The van der Waals surface area contributed by atoms with Gasteiger partial charge < -0.3 is 5.73 Å². The van der Waals surface area contributed by atoms with Crippen LogP contribution in [-0.4, -0.2) is 12.5 Å². The van der Waals surface area contributed by atoms with Crippen molar-refractivity contribution >= 4 is 17.7 Å². The van der Waals surface area contributed by atoms with Crippen molar-refractivity contribution in [1.29, 1.82) is 0 Å². The van der Waals surface area contributed by atoms with Crippen LogP contribution in [0.5, 0.6) is 0 Å². The van der Waals surface area contributed by atoms with Crippen LogP contribution in [0.4, 0.5) is 0 Å². The summed E-state index contributed by atoms with van der Waals surface area (Å²) in [5.41, 5.74) is 5.40. The Kier molecular flexibility index (Phi) is 13.3.